The van der Waals surface area contributed by atoms with Gasteiger partial charge in [0.2, 0.25) is 0 Å². The molecule has 1 heterocycles. The Morgan fingerprint density at radius 2 is 1.77 bits per heavy atom. The number of halogens is 2. The number of aryl methyl sites for hydroxylation is 1. The van der Waals surface area contributed by atoms with Gasteiger partial charge in [-0.25, -0.2) is 4.79 Å². The van der Waals surface area contributed by atoms with Crippen LogP contribution in [-0.4, -0.2) is 41.6 Å². The first-order chi connectivity index (χ1) is 14.5. The number of nitrogens with one attached hydrogen (secondary N) is 1. The van der Waals surface area contributed by atoms with E-state index in [-0.39, 0.29) is 24.0 Å². The number of hydrogen-bond acceptors (Lipinski definition) is 3. The van der Waals surface area contributed by atoms with Gasteiger partial charge in [-0.15, -0.1) is 0 Å². The lowest BCUT2D eigenvalue weighted by Gasteiger charge is -2.39. The number of carbonyl (C=O) groups excluding carboxylic acids is 2. The lowest BCUT2D eigenvalue weighted by Crippen LogP contribution is -2.52. The zero-order valence-electron chi connectivity index (χ0n) is 18.2. The number of hydrogen-bond donors (Lipinski definition) is 1. The highest BCUT2D eigenvalue weighted by atomic mass is 35.5. The molecule has 1 unspecified atom stereocenters. The van der Waals surface area contributed by atoms with Crippen LogP contribution in [0.15, 0.2) is 42.5 Å². The van der Waals surface area contributed by atoms with Crippen LogP contribution < -0.4 is 5.32 Å². The second-order valence-corrected chi connectivity index (χ2v) is 9.76. The minimum absolute atomic E-state index is 0.115. The van der Waals surface area contributed by atoms with Crippen LogP contribution in [0.25, 0.3) is 0 Å². The number of amides is 2. The van der Waals surface area contributed by atoms with E-state index in [0.717, 1.165) is 11.1 Å². The van der Waals surface area contributed by atoms with E-state index in [1.54, 1.807) is 29.2 Å². The molecule has 0 aromatic heterocycles. The normalized spacial score (nSPS) is 19.1. The molecule has 0 radical (unpaired) electrons. The predicted molar refractivity (Wildman–Crippen MR) is 124 cm³/mol. The monoisotopic (exact) mass is 462 g/mol. The molecule has 7 heteroatoms. The third kappa shape index (κ3) is 6.14. The third-order valence-corrected chi connectivity index (χ3v) is 5.97. The summed E-state index contributed by atoms with van der Waals surface area (Å²) >= 11 is 12.3. The van der Waals surface area contributed by atoms with Crippen molar-refractivity contribution in [2.45, 2.75) is 51.7 Å². The Bertz CT molecular complexity index is 954. The Balaban J connectivity index is 1.83. The van der Waals surface area contributed by atoms with Gasteiger partial charge in [-0.05, 0) is 75.6 Å². The molecule has 1 saturated heterocycles. The van der Waals surface area contributed by atoms with Crippen LogP contribution in [0.3, 0.4) is 0 Å². The maximum atomic E-state index is 12.8. The van der Waals surface area contributed by atoms with Gasteiger partial charge < -0.3 is 15.0 Å². The van der Waals surface area contributed by atoms with E-state index < -0.39 is 5.60 Å². The number of ether oxygens (including phenoxy) is 1. The van der Waals surface area contributed by atoms with E-state index in [1.165, 1.54) is 0 Å². The Labute approximate surface area is 193 Å². The van der Waals surface area contributed by atoms with Gasteiger partial charge in [-0.1, -0.05) is 35.3 Å². The summed E-state index contributed by atoms with van der Waals surface area (Å²) in [6, 6.07) is 12.5. The second-order valence-electron chi connectivity index (χ2n) is 8.92. The maximum Gasteiger partial charge on any atom is 0.410 e. The van der Waals surface area contributed by atoms with Crippen molar-refractivity contribution in [2.75, 3.05) is 13.1 Å². The summed E-state index contributed by atoms with van der Waals surface area (Å²) in [5.74, 6) is -0.286. The number of nitrogens with zero attached hydrogens (tertiary/aromatic N) is 1. The van der Waals surface area contributed by atoms with Crippen LogP contribution in [0, 0.1) is 6.92 Å². The Kier molecular flexibility index (Phi) is 7.17. The van der Waals surface area contributed by atoms with Crippen LogP contribution in [0.4, 0.5) is 4.79 Å². The van der Waals surface area contributed by atoms with Crippen molar-refractivity contribution in [3.8, 4) is 0 Å². The van der Waals surface area contributed by atoms with Gasteiger partial charge in [0.05, 0.1) is 0 Å². The smallest absolute Gasteiger partial charge is 0.410 e. The molecule has 0 aliphatic carbocycles. The lowest BCUT2D eigenvalue weighted by molar-refractivity contribution is 0.0177. The zero-order chi connectivity index (χ0) is 22.8. The third-order valence-electron chi connectivity index (χ3n) is 5.31. The molecule has 0 saturated carbocycles. The van der Waals surface area contributed by atoms with Crippen LogP contribution in [0.1, 0.15) is 54.6 Å². The van der Waals surface area contributed by atoms with Crippen LogP contribution in [0.2, 0.25) is 10.0 Å². The predicted octanol–water partition coefficient (Wildman–Crippen LogP) is 5.82. The molecule has 1 aliphatic heterocycles. The highest BCUT2D eigenvalue weighted by Crippen LogP contribution is 2.31. The molecule has 2 amide bonds. The first-order valence-corrected chi connectivity index (χ1v) is 11.1. The van der Waals surface area contributed by atoms with Gasteiger partial charge in [0.1, 0.15) is 5.60 Å². The quantitative estimate of drug-likeness (QED) is 0.624. The van der Waals surface area contributed by atoms with E-state index in [2.05, 4.69) is 5.32 Å². The summed E-state index contributed by atoms with van der Waals surface area (Å²) in [7, 11) is 0. The van der Waals surface area contributed by atoms with Crippen molar-refractivity contribution < 1.29 is 14.3 Å². The van der Waals surface area contributed by atoms with Crippen molar-refractivity contribution in [2.24, 2.45) is 0 Å². The molecule has 0 spiro atoms. The van der Waals surface area contributed by atoms with E-state index in [1.807, 2.05) is 45.9 Å². The van der Waals surface area contributed by atoms with Crippen molar-refractivity contribution in [1.82, 2.24) is 10.2 Å². The average Bonchev–Trinajstić information content (AvgIpc) is 2.69. The number of piperidine rings is 1. The van der Waals surface area contributed by atoms with Gasteiger partial charge in [-0.3, -0.25) is 4.79 Å². The summed E-state index contributed by atoms with van der Waals surface area (Å²) < 4.78 is 5.56. The maximum absolute atomic E-state index is 12.8. The van der Waals surface area contributed by atoms with Crippen LogP contribution >= 0.6 is 23.2 Å². The lowest BCUT2D eigenvalue weighted by atomic mass is 9.85. The Morgan fingerprint density at radius 1 is 1.10 bits per heavy atom. The molecule has 31 heavy (non-hydrogen) atoms. The fourth-order valence-corrected chi connectivity index (χ4v) is 3.96. The molecule has 3 rings (SSSR count). The molecule has 2 atom stereocenters. The van der Waals surface area contributed by atoms with Crippen LogP contribution in [-0.2, 0) is 4.74 Å². The summed E-state index contributed by atoms with van der Waals surface area (Å²) in [5.41, 5.74) is 1.93. The first-order valence-electron chi connectivity index (χ1n) is 10.3. The highest BCUT2D eigenvalue weighted by molar-refractivity contribution is 6.31. The molecular weight excluding hydrogens is 435 g/mol. The summed E-state index contributed by atoms with van der Waals surface area (Å²) in [4.78, 5) is 27.2. The molecule has 166 valence electrons. The topological polar surface area (TPSA) is 58.6 Å². The van der Waals surface area contributed by atoms with Gasteiger partial charge in [0.15, 0.2) is 0 Å². The summed E-state index contributed by atoms with van der Waals surface area (Å²) in [5, 5.41) is 4.38. The molecule has 1 aliphatic rings. The molecule has 1 fully saturated rings. The second kappa shape index (κ2) is 9.49. The molecule has 2 aromatic carbocycles. The highest BCUT2D eigenvalue weighted by Gasteiger charge is 2.35. The summed E-state index contributed by atoms with van der Waals surface area (Å²) in [6.07, 6.45) is 0.257. The van der Waals surface area contributed by atoms with Crippen molar-refractivity contribution in [3.05, 3.63) is 69.2 Å². The SMILES string of the molecule is Cc1ccc([C@@H]2CN(C(=O)OC(C)(C)C)CCC2NC(=O)c2ccc(Cl)cc2)cc1Cl. The van der Waals surface area contributed by atoms with Gasteiger partial charge in [0.25, 0.3) is 5.91 Å². The minimum Gasteiger partial charge on any atom is -0.444 e. The van der Waals surface area contributed by atoms with Gasteiger partial charge >= 0.3 is 6.09 Å². The molecule has 0 bridgehead atoms. The van der Waals surface area contributed by atoms with E-state index in [9.17, 15) is 9.59 Å². The minimum atomic E-state index is -0.570. The standard InChI is InChI=1S/C24H28Cl2N2O3/c1-15-5-6-17(13-20(15)26)19-14-28(23(30)31-24(2,3)4)12-11-21(19)27-22(29)16-7-9-18(25)10-8-16/h5-10,13,19,21H,11-12,14H2,1-4H3,(H,27,29)/t19-,21?/m0/s1. The zero-order valence-corrected chi connectivity index (χ0v) is 19.8. The van der Waals surface area contributed by atoms with E-state index >= 15 is 0 Å². The molecule has 2 aromatic rings. The van der Waals surface area contributed by atoms with E-state index in [4.69, 9.17) is 27.9 Å². The number of rotatable bonds is 3. The van der Waals surface area contributed by atoms with Gasteiger partial charge in [-0.2, -0.15) is 0 Å². The fourth-order valence-electron chi connectivity index (χ4n) is 3.65. The van der Waals surface area contributed by atoms with Crippen LogP contribution in [0.5, 0.6) is 0 Å². The van der Waals surface area contributed by atoms with Crippen molar-refractivity contribution in [1.29, 1.82) is 0 Å². The molecular formula is C24H28Cl2N2O3. The first kappa shape index (κ1) is 23.4. The Hall–Kier alpha value is -2.24. The molecule has 1 N–H and O–H groups in total. The largest absolute Gasteiger partial charge is 0.444 e. The number of carbonyl (C=O) groups is 2. The summed E-state index contributed by atoms with van der Waals surface area (Å²) in [6.45, 7) is 8.42. The Morgan fingerprint density at radius 3 is 2.39 bits per heavy atom. The van der Waals surface area contributed by atoms with Crippen molar-refractivity contribution >= 4 is 35.2 Å². The van der Waals surface area contributed by atoms with Gasteiger partial charge in [0, 0.05) is 40.7 Å². The fraction of sp³-hybridized carbons (Fsp3) is 0.417. The number of likely N-dealkylation sites (tertiary alicyclic amines) is 1. The van der Waals surface area contributed by atoms with E-state index in [0.29, 0.717) is 35.1 Å². The number of benzene rings is 2. The molecule has 5 nitrogen and oxygen atoms in total. The average molecular weight is 463 g/mol. The van der Waals surface area contributed by atoms with Crippen molar-refractivity contribution in [3.63, 3.8) is 0 Å².